The summed E-state index contributed by atoms with van der Waals surface area (Å²) in [5, 5.41) is 11.6. The number of hydrogen-bond acceptors (Lipinski definition) is 2. The van der Waals surface area contributed by atoms with Crippen molar-refractivity contribution < 1.29 is 4.79 Å². The Hall–Kier alpha value is -1.04. The van der Waals surface area contributed by atoms with Crippen LogP contribution in [0.15, 0.2) is 0 Å². The van der Waals surface area contributed by atoms with Crippen molar-refractivity contribution in [2.24, 2.45) is 11.8 Å². The molecular formula is C12H20N2O. The Labute approximate surface area is 91.9 Å². The first kappa shape index (κ1) is 12.0. The first-order chi connectivity index (χ1) is 7.13. The van der Waals surface area contributed by atoms with E-state index in [-0.39, 0.29) is 11.8 Å². The second-order valence-corrected chi connectivity index (χ2v) is 4.74. The maximum absolute atomic E-state index is 11.5. The maximum atomic E-state index is 11.5. The van der Waals surface area contributed by atoms with Crippen molar-refractivity contribution in [1.29, 1.82) is 5.26 Å². The van der Waals surface area contributed by atoms with Crippen molar-refractivity contribution in [3.8, 4) is 6.07 Å². The summed E-state index contributed by atoms with van der Waals surface area (Å²) in [6.45, 7) is 3.83. The highest BCUT2D eigenvalue weighted by atomic mass is 16.1. The zero-order chi connectivity index (χ0) is 11.3. The molecule has 1 amide bonds. The van der Waals surface area contributed by atoms with E-state index in [1.807, 2.05) is 13.8 Å². The van der Waals surface area contributed by atoms with Gasteiger partial charge in [0.1, 0.15) is 0 Å². The topological polar surface area (TPSA) is 52.9 Å². The molecule has 3 nitrogen and oxygen atoms in total. The molecule has 0 aliphatic heterocycles. The fraction of sp³-hybridized carbons (Fsp3) is 0.833. The predicted octanol–water partition coefficient (Wildman–Crippen LogP) is 2.23. The highest BCUT2D eigenvalue weighted by Gasteiger charge is 2.22. The van der Waals surface area contributed by atoms with Crippen molar-refractivity contribution in [3.05, 3.63) is 0 Å². The van der Waals surface area contributed by atoms with Crippen LogP contribution in [0.25, 0.3) is 0 Å². The molecule has 1 aliphatic rings. The van der Waals surface area contributed by atoms with Crippen LogP contribution in [0, 0.1) is 23.2 Å². The van der Waals surface area contributed by atoms with E-state index in [4.69, 9.17) is 5.26 Å². The fourth-order valence-corrected chi connectivity index (χ4v) is 2.01. The minimum atomic E-state index is 0.0711. The van der Waals surface area contributed by atoms with Gasteiger partial charge in [0.05, 0.1) is 6.07 Å². The van der Waals surface area contributed by atoms with Crippen LogP contribution in [0.4, 0.5) is 0 Å². The Kier molecular flexibility index (Phi) is 4.61. The largest absolute Gasteiger partial charge is 0.353 e. The molecule has 0 bridgehead atoms. The van der Waals surface area contributed by atoms with Crippen molar-refractivity contribution in [1.82, 2.24) is 5.32 Å². The van der Waals surface area contributed by atoms with Crippen LogP contribution in [0.2, 0.25) is 0 Å². The Balaban J connectivity index is 2.26. The van der Waals surface area contributed by atoms with Gasteiger partial charge in [-0.05, 0) is 31.6 Å². The first-order valence-corrected chi connectivity index (χ1v) is 5.80. The Bertz CT molecular complexity index is 247. The normalized spacial score (nSPS) is 26.0. The minimum Gasteiger partial charge on any atom is -0.353 e. The van der Waals surface area contributed by atoms with Crippen molar-refractivity contribution in [2.75, 3.05) is 0 Å². The average molecular weight is 208 g/mol. The number of nitrogens with one attached hydrogen (secondary N) is 1. The number of rotatable bonds is 3. The molecule has 1 saturated carbocycles. The zero-order valence-electron chi connectivity index (χ0n) is 9.62. The van der Waals surface area contributed by atoms with Gasteiger partial charge in [-0.1, -0.05) is 13.8 Å². The summed E-state index contributed by atoms with van der Waals surface area (Å²) >= 11 is 0. The monoisotopic (exact) mass is 208 g/mol. The lowest BCUT2D eigenvalue weighted by atomic mass is 9.84. The number of amides is 1. The molecule has 15 heavy (non-hydrogen) atoms. The van der Waals surface area contributed by atoms with Crippen LogP contribution in [0.1, 0.15) is 46.0 Å². The third-order valence-electron chi connectivity index (χ3n) is 3.10. The summed E-state index contributed by atoms with van der Waals surface area (Å²) < 4.78 is 0. The standard InChI is InChI=1S/C12H20N2O/c1-9(2)12(15)14-11-5-3-10(4-6-11)7-8-13/h9-11H,3-7H2,1-2H3,(H,14,15). The number of carbonyl (C=O) groups excluding carboxylic acids is 1. The van der Waals surface area contributed by atoms with Gasteiger partial charge in [0.2, 0.25) is 5.91 Å². The number of nitriles is 1. The molecule has 84 valence electrons. The molecule has 0 saturated heterocycles. The van der Waals surface area contributed by atoms with Crippen LogP contribution in [0.3, 0.4) is 0 Å². The molecule has 0 unspecified atom stereocenters. The van der Waals surface area contributed by atoms with Crippen molar-refractivity contribution >= 4 is 5.91 Å². The van der Waals surface area contributed by atoms with E-state index < -0.39 is 0 Å². The molecule has 3 heteroatoms. The third-order valence-corrected chi connectivity index (χ3v) is 3.10. The van der Waals surface area contributed by atoms with Gasteiger partial charge in [0, 0.05) is 18.4 Å². The molecule has 1 rings (SSSR count). The fourth-order valence-electron chi connectivity index (χ4n) is 2.01. The smallest absolute Gasteiger partial charge is 0.222 e. The van der Waals surface area contributed by atoms with E-state index in [9.17, 15) is 4.79 Å². The van der Waals surface area contributed by atoms with Crippen LogP contribution in [0.5, 0.6) is 0 Å². The number of carbonyl (C=O) groups is 1. The molecule has 0 aromatic heterocycles. The molecule has 1 fully saturated rings. The van der Waals surface area contributed by atoms with Crippen LogP contribution in [-0.4, -0.2) is 11.9 Å². The highest BCUT2D eigenvalue weighted by molar-refractivity contribution is 5.78. The first-order valence-electron chi connectivity index (χ1n) is 5.80. The van der Waals surface area contributed by atoms with E-state index in [0.717, 1.165) is 25.7 Å². The quantitative estimate of drug-likeness (QED) is 0.773. The summed E-state index contributed by atoms with van der Waals surface area (Å²) in [6, 6.07) is 2.57. The SMILES string of the molecule is CC(C)C(=O)NC1CCC(CC#N)CC1. The Morgan fingerprint density at radius 3 is 2.47 bits per heavy atom. The van der Waals surface area contributed by atoms with E-state index in [0.29, 0.717) is 18.4 Å². The van der Waals surface area contributed by atoms with Gasteiger partial charge in [-0.25, -0.2) is 0 Å². The van der Waals surface area contributed by atoms with Gasteiger partial charge >= 0.3 is 0 Å². The summed E-state index contributed by atoms with van der Waals surface area (Å²) in [5.74, 6) is 0.780. The zero-order valence-corrected chi connectivity index (χ0v) is 9.62. The van der Waals surface area contributed by atoms with E-state index in [1.165, 1.54) is 0 Å². The lowest BCUT2D eigenvalue weighted by molar-refractivity contribution is -0.125. The average Bonchev–Trinajstić information content (AvgIpc) is 2.21. The van der Waals surface area contributed by atoms with Gasteiger partial charge in [-0.15, -0.1) is 0 Å². The van der Waals surface area contributed by atoms with Crippen LogP contribution >= 0.6 is 0 Å². The Morgan fingerprint density at radius 2 is 2.00 bits per heavy atom. The molecule has 0 spiro atoms. The molecule has 0 aromatic rings. The molecular weight excluding hydrogens is 188 g/mol. The van der Waals surface area contributed by atoms with Gasteiger partial charge in [0.25, 0.3) is 0 Å². The van der Waals surface area contributed by atoms with Crippen molar-refractivity contribution in [3.63, 3.8) is 0 Å². The van der Waals surface area contributed by atoms with Gasteiger partial charge < -0.3 is 5.32 Å². The third kappa shape index (κ3) is 3.91. The molecule has 0 aromatic carbocycles. The molecule has 1 aliphatic carbocycles. The summed E-state index contributed by atoms with van der Waals surface area (Å²) in [4.78, 5) is 11.5. The molecule has 0 heterocycles. The van der Waals surface area contributed by atoms with E-state index >= 15 is 0 Å². The maximum Gasteiger partial charge on any atom is 0.222 e. The lowest BCUT2D eigenvalue weighted by Crippen LogP contribution is -2.39. The predicted molar refractivity (Wildman–Crippen MR) is 59.0 cm³/mol. The Morgan fingerprint density at radius 1 is 1.40 bits per heavy atom. The minimum absolute atomic E-state index is 0.0711. The highest BCUT2D eigenvalue weighted by Crippen LogP contribution is 2.26. The second kappa shape index (κ2) is 5.75. The van der Waals surface area contributed by atoms with E-state index in [2.05, 4.69) is 11.4 Å². The molecule has 1 N–H and O–H groups in total. The summed E-state index contributed by atoms with van der Waals surface area (Å²) in [6.07, 6.45) is 4.90. The van der Waals surface area contributed by atoms with Crippen molar-refractivity contribution in [2.45, 2.75) is 52.0 Å². The van der Waals surface area contributed by atoms with Gasteiger partial charge in [-0.3, -0.25) is 4.79 Å². The number of hydrogen-bond donors (Lipinski definition) is 1. The second-order valence-electron chi connectivity index (χ2n) is 4.74. The molecule has 0 atom stereocenters. The van der Waals surface area contributed by atoms with Gasteiger partial charge in [-0.2, -0.15) is 5.26 Å². The summed E-state index contributed by atoms with van der Waals surface area (Å²) in [5.41, 5.74) is 0. The van der Waals surface area contributed by atoms with Crippen LogP contribution in [-0.2, 0) is 4.79 Å². The van der Waals surface area contributed by atoms with Crippen LogP contribution < -0.4 is 5.32 Å². The van der Waals surface area contributed by atoms with E-state index in [1.54, 1.807) is 0 Å². The number of nitrogens with zero attached hydrogens (tertiary/aromatic N) is 1. The van der Waals surface area contributed by atoms with Gasteiger partial charge in [0.15, 0.2) is 0 Å². The summed E-state index contributed by atoms with van der Waals surface area (Å²) in [7, 11) is 0. The lowest BCUT2D eigenvalue weighted by Gasteiger charge is -2.28. The molecule has 0 radical (unpaired) electrons.